The summed E-state index contributed by atoms with van der Waals surface area (Å²) in [5, 5.41) is 3.67. The Balaban J connectivity index is 1.72. The lowest BCUT2D eigenvalue weighted by Crippen LogP contribution is -2.46. The topological polar surface area (TPSA) is 41.0 Å². The zero-order valence-corrected chi connectivity index (χ0v) is 12.5. The van der Waals surface area contributed by atoms with Crippen molar-refractivity contribution in [3.05, 3.63) is 18.5 Å². The minimum Gasteiger partial charge on any atom is -0.339 e. The summed E-state index contributed by atoms with van der Waals surface area (Å²) in [6.07, 6.45) is 7.39. The highest BCUT2D eigenvalue weighted by Crippen LogP contribution is 2.15. The number of nitrogens with one attached hydrogen (secondary N) is 1. The predicted octanol–water partition coefficient (Wildman–Crippen LogP) is 2.18. The molecule has 0 radical (unpaired) electrons. The van der Waals surface area contributed by atoms with Crippen LogP contribution in [0.25, 0.3) is 0 Å². The summed E-state index contributed by atoms with van der Waals surface area (Å²) in [7, 11) is 0. The molecule has 2 rings (SSSR count). The Kier molecular flexibility index (Phi) is 6.44. The second kappa shape index (κ2) is 8.38. The maximum Gasteiger partial charge on any atom is 0.225 e. The van der Waals surface area contributed by atoms with Crippen LogP contribution >= 0.6 is 11.8 Å². The second-order valence-corrected chi connectivity index (χ2v) is 6.23. The lowest BCUT2D eigenvalue weighted by Gasteiger charge is -2.33. The van der Waals surface area contributed by atoms with E-state index in [1.54, 1.807) is 0 Å². The van der Waals surface area contributed by atoms with E-state index in [4.69, 9.17) is 0 Å². The lowest BCUT2D eigenvalue weighted by molar-refractivity contribution is 0.420. The van der Waals surface area contributed by atoms with E-state index >= 15 is 0 Å². The SMILES string of the molecule is CCSCCCNC1CCCN(c2ncccn2)C1. The molecule has 1 N–H and O–H groups in total. The van der Waals surface area contributed by atoms with Gasteiger partial charge >= 0.3 is 0 Å². The molecule has 1 saturated heterocycles. The van der Waals surface area contributed by atoms with Crippen molar-refractivity contribution in [1.82, 2.24) is 15.3 Å². The van der Waals surface area contributed by atoms with Gasteiger partial charge in [0.15, 0.2) is 0 Å². The van der Waals surface area contributed by atoms with Crippen molar-refractivity contribution < 1.29 is 0 Å². The highest BCUT2D eigenvalue weighted by atomic mass is 32.2. The van der Waals surface area contributed by atoms with Crippen molar-refractivity contribution >= 4 is 17.7 Å². The monoisotopic (exact) mass is 280 g/mol. The zero-order chi connectivity index (χ0) is 13.3. The predicted molar refractivity (Wildman–Crippen MR) is 82.9 cm³/mol. The molecule has 1 aliphatic heterocycles. The Labute approximate surface area is 120 Å². The largest absolute Gasteiger partial charge is 0.339 e. The third-order valence-corrected chi connectivity index (χ3v) is 4.34. The molecule has 2 heterocycles. The van der Waals surface area contributed by atoms with Crippen LogP contribution in [0.5, 0.6) is 0 Å². The van der Waals surface area contributed by atoms with Crippen molar-refractivity contribution in [3.8, 4) is 0 Å². The lowest BCUT2D eigenvalue weighted by atomic mass is 10.1. The van der Waals surface area contributed by atoms with Gasteiger partial charge in [-0.3, -0.25) is 0 Å². The molecule has 1 aliphatic rings. The summed E-state index contributed by atoms with van der Waals surface area (Å²) in [6.45, 7) is 5.46. The minimum absolute atomic E-state index is 0.587. The Bertz CT molecular complexity index is 347. The van der Waals surface area contributed by atoms with Crippen molar-refractivity contribution in [3.63, 3.8) is 0 Å². The van der Waals surface area contributed by atoms with Crippen LogP contribution in [0.15, 0.2) is 18.5 Å². The van der Waals surface area contributed by atoms with E-state index in [2.05, 4.69) is 27.1 Å². The van der Waals surface area contributed by atoms with Gasteiger partial charge < -0.3 is 10.2 Å². The molecule has 1 aromatic heterocycles. The fourth-order valence-electron chi connectivity index (χ4n) is 2.40. The Morgan fingerprint density at radius 3 is 3.05 bits per heavy atom. The van der Waals surface area contributed by atoms with Gasteiger partial charge in [-0.2, -0.15) is 11.8 Å². The van der Waals surface area contributed by atoms with Gasteiger partial charge in [-0.15, -0.1) is 0 Å². The molecule has 1 aromatic rings. The van der Waals surface area contributed by atoms with E-state index in [9.17, 15) is 0 Å². The van der Waals surface area contributed by atoms with Gasteiger partial charge in [-0.05, 0) is 43.4 Å². The van der Waals surface area contributed by atoms with Crippen molar-refractivity contribution in [2.24, 2.45) is 0 Å². The summed E-state index contributed by atoms with van der Waals surface area (Å²) >= 11 is 2.02. The Morgan fingerprint density at radius 1 is 1.42 bits per heavy atom. The van der Waals surface area contributed by atoms with Crippen LogP contribution in [0.1, 0.15) is 26.2 Å². The smallest absolute Gasteiger partial charge is 0.225 e. The normalized spacial score (nSPS) is 19.6. The molecule has 1 fully saturated rings. The summed E-state index contributed by atoms with van der Waals surface area (Å²) < 4.78 is 0. The van der Waals surface area contributed by atoms with Gasteiger partial charge in [-0.25, -0.2) is 9.97 Å². The Morgan fingerprint density at radius 2 is 2.26 bits per heavy atom. The third kappa shape index (κ3) is 4.99. The zero-order valence-electron chi connectivity index (χ0n) is 11.7. The van der Waals surface area contributed by atoms with Crippen molar-refractivity contribution in [1.29, 1.82) is 0 Å². The fraction of sp³-hybridized carbons (Fsp3) is 0.714. The molecule has 0 aliphatic carbocycles. The number of nitrogens with zero attached hydrogens (tertiary/aromatic N) is 3. The standard InChI is InChI=1S/C14H24N4S/c1-2-19-11-5-9-15-13-6-3-10-18(12-13)14-16-7-4-8-17-14/h4,7-8,13,15H,2-3,5-6,9-12H2,1H3. The fourth-order valence-corrected chi connectivity index (χ4v) is 3.04. The molecule has 106 valence electrons. The number of rotatable bonds is 7. The highest BCUT2D eigenvalue weighted by Gasteiger charge is 2.20. The summed E-state index contributed by atoms with van der Waals surface area (Å²) in [4.78, 5) is 11.0. The van der Waals surface area contributed by atoms with Gasteiger partial charge in [-0.1, -0.05) is 6.92 Å². The number of hydrogen-bond acceptors (Lipinski definition) is 5. The first-order valence-corrected chi connectivity index (χ1v) is 8.38. The third-order valence-electron chi connectivity index (χ3n) is 3.36. The van der Waals surface area contributed by atoms with E-state index in [0.29, 0.717) is 6.04 Å². The van der Waals surface area contributed by atoms with E-state index in [1.165, 1.54) is 30.8 Å². The number of thioether (sulfide) groups is 1. The first-order valence-electron chi connectivity index (χ1n) is 7.23. The van der Waals surface area contributed by atoms with Gasteiger partial charge in [0, 0.05) is 31.5 Å². The van der Waals surface area contributed by atoms with Crippen LogP contribution in [0, 0.1) is 0 Å². The molecule has 0 saturated carbocycles. The maximum atomic E-state index is 4.34. The number of anilines is 1. The molecule has 0 aromatic carbocycles. The number of aromatic nitrogens is 2. The van der Waals surface area contributed by atoms with Crippen LogP contribution in [0.3, 0.4) is 0 Å². The van der Waals surface area contributed by atoms with Crippen LogP contribution in [0.4, 0.5) is 5.95 Å². The molecule has 1 atom stereocenters. The summed E-state index contributed by atoms with van der Waals surface area (Å²) in [6, 6.07) is 2.46. The molecular formula is C14H24N4S. The van der Waals surface area contributed by atoms with Crippen LogP contribution < -0.4 is 10.2 Å². The molecule has 0 bridgehead atoms. The van der Waals surface area contributed by atoms with Gasteiger partial charge in [0.1, 0.15) is 0 Å². The minimum atomic E-state index is 0.587. The average Bonchev–Trinajstić information content (AvgIpc) is 2.48. The molecule has 5 heteroatoms. The van der Waals surface area contributed by atoms with E-state index < -0.39 is 0 Å². The van der Waals surface area contributed by atoms with Crippen molar-refractivity contribution in [2.75, 3.05) is 36.0 Å². The molecule has 19 heavy (non-hydrogen) atoms. The van der Waals surface area contributed by atoms with Gasteiger partial charge in [0.25, 0.3) is 0 Å². The van der Waals surface area contributed by atoms with E-state index in [1.807, 2.05) is 30.2 Å². The quantitative estimate of drug-likeness (QED) is 0.775. The maximum absolute atomic E-state index is 4.34. The van der Waals surface area contributed by atoms with Gasteiger partial charge in [0.2, 0.25) is 5.95 Å². The average molecular weight is 280 g/mol. The second-order valence-electron chi connectivity index (χ2n) is 4.84. The number of piperidine rings is 1. The molecule has 1 unspecified atom stereocenters. The summed E-state index contributed by atoms with van der Waals surface area (Å²) in [5.74, 6) is 3.36. The highest BCUT2D eigenvalue weighted by molar-refractivity contribution is 7.99. The summed E-state index contributed by atoms with van der Waals surface area (Å²) in [5.41, 5.74) is 0. The van der Waals surface area contributed by atoms with Crippen molar-refractivity contribution in [2.45, 2.75) is 32.2 Å². The van der Waals surface area contributed by atoms with Gasteiger partial charge in [0.05, 0.1) is 0 Å². The van der Waals surface area contributed by atoms with E-state index in [-0.39, 0.29) is 0 Å². The molecule has 0 spiro atoms. The van der Waals surface area contributed by atoms with Crippen LogP contribution in [-0.2, 0) is 0 Å². The van der Waals surface area contributed by atoms with Crippen LogP contribution in [0.2, 0.25) is 0 Å². The Hall–Kier alpha value is -0.810. The first kappa shape index (κ1) is 14.6. The number of hydrogen-bond donors (Lipinski definition) is 1. The molecular weight excluding hydrogens is 256 g/mol. The molecule has 4 nitrogen and oxygen atoms in total. The van der Waals surface area contributed by atoms with Crippen LogP contribution in [-0.4, -0.2) is 47.1 Å². The van der Waals surface area contributed by atoms with E-state index in [0.717, 1.165) is 25.6 Å². The first-order chi connectivity index (χ1) is 9.40. The molecule has 0 amide bonds.